The van der Waals surface area contributed by atoms with Crippen molar-refractivity contribution in [3.63, 3.8) is 0 Å². The predicted octanol–water partition coefficient (Wildman–Crippen LogP) is 7.92. The lowest BCUT2D eigenvalue weighted by Gasteiger charge is -2.19. The van der Waals surface area contributed by atoms with Gasteiger partial charge in [-0.2, -0.15) is 0 Å². The highest BCUT2D eigenvalue weighted by Gasteiger charge is 2.17. The zero-order valence-corrected chi connectivity index (χ0v) is 39.0. The molecule has 4 aromatic carbocycles. The minimum Gasteiger partial charge on any atom is -0.490 e. The van der Waals surface area contributed by atoms with Gasteiger partial charge in [-0.3, -0.25) is 0 Å². The van der Waals surface area contributed by atoms with Gasteiger partial charge in [0, 0.05) is 59.6 Å². The molecule has 4 rings (SSSR count). The SMILES string of the molecule is CC(C)(C)OC(=O)NCCOCCOc1cc(C#Cc2ccc(/C=C/C(=O)O)cc2)c(OCCOCCNC(=O)OC(C)(C)C)cc1C#Cc1ccc(C#Cc2ccc(/C=C/C(=O)O)cc2)cc1. The van der Waals surface area contributed by atoms with Crippen LogP contribution in [0.2, 0.25) is 0 Å². The zero-order valence-electron chi connectivity index (χ0n) is 39.0. The van der Waals surface area contributed by atoms with Gasteiger partial charge in [-0.05, 0) is 113 Å². The van der Waals surface area contributed by atoms with Crippen molar-refractivity contribution in [3.8, 4) is 47.0 Å². The van der Waals surface area contributed by atoms with Gasteiger partial charge < -0.3 is 49.3 Å². The molecule has 2 amide bonds. The molecule has 0 spiro atoms. The average molecular weight is 925 g/mol. The van der Waals surface area contributed by atoms with Crippen molar-refractivity contribution in [2.45, 2.75) is 52.7 Å². The fourth-order valence-corrected chi connectivity index (χ4v) is 5.45. The zero-order chi connectivity index (χ0) is 49.4. The number of hydrogen-bond donors (Lipinski definition) is 4. The Bertz CT molecular complexity index is 2590. The number of carboxylic acids is 2. The maximum Gasteiger partial charge on any atom is 0.407 e. The van der Waals surface area contributed by atoms with E-state index in [9.17, 15) is 19.2 Å². The molecule has 354 valence electrons. The smallest absolute Gasteiger partial charge is 0.407 e. The number of carbonyl (C=O) groups is 4. The molecular formula is C54H56N2O12. The van der Waals surface area contributed by atoms with E-state index >= 15 is 0 Å². The minimum absolute atomic E-state index is 0.137. The van der Waals surface area contributed by atoms with Gasteiger partial charge in [0.2, 0.25) is 0 Å². The van der Waals surface area contributed by atoms with Crippen molar-refractivity contribution in [2.75, 3.05) is 52.7 Å². The number of nitrogens with one attached hydrogen (secondary N) is 2. The van der Waals surface area contributed by atoms with E-state index in [4.69, 9.17) is 38.6 Å². The van der Waals surface area contributed by atoms with Crippen LogP contribution < -0.4 is 20.1 Å². The number of amides is 2. The lowest BCUT2D eigenvalue weighted by atomic mass is 10.1. The summed E-state index contributed by atoms with van der Waals surface area (Å²) in [6.07, 6.45) is 4.06. The number of carbonyl (C=O) groups excluding carboxylic acids is 2. The monoisotopic (exact) mass is 924 g/mol. The summed E-state index contributed by atoms with van der Waals surface area (Å²) < 4.78 is 34.4. The molecule has 4 N–H and O–H groups in total. The van der Waals surface area contributed by atoms with E-state index in [0.717, 1.165) is 28.8 Å². The Morgan fingerprint density at radius 1 is 0.485 bits per heavy atom. The summed E-state index contributed by atoms with van der Waals surface area (Å²) in [6, 6.07) is 25.2. The summed E-state index contributed by atoms with van der Waals surface area (Å²) in [6.45, 7) is 12.3. The van der Waals surface area contributed by atoms with E-state index in [0.29, 0.717) is 39.3 Å². The Hall–Kier alpha value is -7.96. The maximum atomic E-state index is 12.0. The highest BCUT2D eigenvalue weighted by Crippen LogP contribution is 2.29. The van der Waals surface area contributed by atoms with E-state index in [2.05, 4.69) is 46.2 Å². The molecule has 0 fully saturated rings. The second kappa shape index (κ2) is 26.9. The van der Waals surface area contributed by atoms with E-state index in [1.165, 1.54) is 12.2 Å². The molecule has 0 saturated heterocycles. The molecule has 14 heteroatoms. The number of aliphatic carboxylic acids is 2. The van der Waals surface area contributed by atoms with Crippen molar-refractivity contribution < 1.29 is 57.8 Å². The van der Waals surface area contributed by atoms with Crippen LogP contribution in [0.5, 0.6) is 11.5 Å². The van der Waals surface area contributed by atoms with Crippen LogP contribution in [0.3, 0.4) is 0 Å². The lowest BCUT2D eigenvalue weighted by Crippen LogP contribution is -2.34. The molecule has 0 bridgehead atoms. The van der Waals surface area contributed by atoms with Crippen molar-refractivity contribution in [1.82, 2.24) is 10.6 Å². The van der Waals surface area contributed by atoms with Crippen LogP contribution in [-0.2, 0) is 28.5 Å². The highest BCUT2D eigenvalue weighted by molar-refractivity contribution is 5.85. The third kappa shape index (κ3) is 21.8. The fourth-order valence-electron chi connectivity index (χ4n) is 5.45. The Balaban J connectivity index is 1.57. The quantitative estimate of drug-likeness (QED) is 0.0430. The lowest BCUT2D eigenvalue weighted by molar-refractivity contribution is -0.132. The van der Waals surface area contributed by atoms with Gasteiger partial charge in [-0.1, -0.05) is 59.8 Å². The second-order valence-electron chi connectivity index (χ2n) is 16.5. The summed E-state index contributed by atoms with van der Waals surface area (Å²) in [5.74, 6) is 17.8. The summed E-state index contributed by atoms with van der Waals surface area (Å²) in [5.41, 5.74) is 4.11. The first-order chi connectivity index (χ1) is 32.4. The number of benzene rings is 4. The fraction of sp³-hybridized carbons (Fsp3) is 0.296. The van der Waals surface area contributed by atoms with Crippen LogP contribution in [0.1, 0.15) is 86.1 Å². The molecule has 0 aliphatic carbocycles. The molecule has 14 nitrogen and oxygen atoms in total. The molecule has 68 heavy (non-hydrogen) atoms. The number of carboxylic acid groups (broad SMARTS) is 2. The van der Waals surface area contributed by atoms with Gasteiger partial charge in [0.15, 0.2) is 0 Å². The van der Waals surface area contributed by atoms with Crippen molar-refractivity contribution in [3.05, 3.63) is 142 Å². The number of ether oxygens (including phenoxy) is 6. The average Bonchev–Trinajstić information content (AvgIpc) is 3.27. The number of hydrogen-bond acceptors (Lipinski definition) is 10. The van der Waals surface area contributed by atoms with Gasteiger partial charge in [0.05, 0.1) is 37.6 Å². The van der Waals surface area contributed by atoms with Gasteiger partial charge in [-0.15, -0.1) is 0 Å². The van der Waals surface area contributed by atoms with E-state index in [1.54, 1.807) is 90.1 Å². The molecule has 4 aromatic rings. The minimum atomic E-state index is -1.05. The summed E-state index contributed by atoms with van der Waals surface area (Å²) in [7, 11) is 0. The Kier molecular flexibility index (Phi) is 20.8. The molecule has 0 atom stereocenters. The van der Waals surface area contributed by atoms with Gasteiger partial charge in [-0.25, -0.2) is 19.2 Å². The maximum absolute atomic E-state index is 12.0. The van der Waals surface area contributed by atoms with E-state index in [-0.39, 0.29) is 52.7 Å². The van der Waals surface area contributed by atoms with Crippen molar-refractivity contribution in [1.29, 1.82) is 0 Å². The van der Waals surface area contributed by atoms with E-state index in [1.807, 2.05) is 36.4 Å². The second-order valence-corrected chi connectivity index (χ2v) is 16.5. The van der Waals surface area contributed by atoms with Crippen molar-refractivity contribution in [2.24, 2.45) is 0 Å². The first kappa shape index (κ1) is 52.7. The predicted molar refractivity (Wildman–Crippen MR) is 258 cm³/mol. The van der Waals surface area contributed by atoms with Gasteiger partial charge in [0.25, 0.3) is 0 Å². The number of rotatable bonds is 18. The molecule has 0 heterocycles. The summed E-state index contributed by atoms with van der Waals surface area (Å²) >= 11 is 0. The van der Waals surface area contributed by atoms with Crippen molar-refractivity contribution >= 4 is 36.3 Å². The molecular weight excluding hydrogens is 869 g/mol. The highest BCUT2D eigenvalue weighted by atomic mass is 16.6. The van der Waals surface area contributed by atoms with E-state index < -0.39 is 35.3 Å². The van der Waals surface area contributed by atoms with Crippen LogP contribution in [0.4, 0.5) is 9.59 Å². The Labute approximate surface area is 397 Å². The molecule has 0 aliphatic rings. The van der Waals surface area contributed by atoms with Crippen LogP contribution in [0, 0.1) is 35.5 Å². The van der Waals surface area contributed by atoms with Crippen LogP contribution in [0.25, 0.3) is 12.2 Å². The summed E-state index contributed by atoms with van der Waals surface area (Å²) in [5, 5.41) is 23.2. The van der Waals surface area contributed by atoms with Gasteiger partial charge in [0.1, 0.15) is 35.9 Å². The third-order valence-electron chi connectivity index (χ3n) is 8.46. The molecule has 0 saturated carbocycles. The molecule has 0 radical (unpaired) electrons. The normalized spacial score (nSPS) is 11.0. The van der Waals surface area contributed by atoms with Crippen LogP contribution in [-0.4, -0.2) is 98.3 Å². The first-order valence-electron chi connectivity index (χ1n) is 21.6. The largest absolute Gasteiger partial charge is 0.490 e. The topological polar surface area (TPSA) is 188 Å². The molecule has 0 aliphatic heterocycles. The standard InChI is InChI=1S/C54H56N2O12/c1-53(2,3)67-51(61)55-29-31-63-33-35-65-47-38-46(26-22-42-15-19-44(20-16-42)24-28-50(59)60)48(66-36-34-64-32-30-56-52(62)68-54(4,5)6)37-45(47)25-21-41-13-9-39(10-14-41)7-8-40-11-17-43(18-12-40)23-27-49(57)58/h9-20,23-24,27-28,37-38H,29-36H2,1-6H3,(H,55,61)(H,56,62)(H,57,58)(H,59,60)/b27-23+,28-24+. The Morgan fingerprint density at radius 3 is 1.13 bits per heavy atom. The Morgan fingerprint density at radius 2 is 0.809 bits per heavy atom. The summed E-state index contributed by atoms with van der Waals surface area (Å²) in [4.78, 5) is 45.8. The third-order valence-corrected chi connectivity index (χ3v) is 8.46. The number of alkyl carbamates (subject to hydrolysis) is 2. The molecule has 0 aromatic heterocycles. The van der Waals surface area contributed by atoms with Crippen LogP contribution >= 0.6 is 0 Å². The van der Waals surface area contributed by atoms with Crippen LogP contribution in [0.15, 0.2) is 97.1 Å². The first-order valence-corrected chi connectivity index (χ1v) is 21.6. The van der Waals surface area contributed by atoms with Gasteiger partial charge >= 0.3 is 24.1 Å². The molecule has 0 unspecified atom stereocenters.